The summed E-state index contributed by atoms with van der Waals surface area (Å²) in [4.78, 5) is 34.1. The van der Waals surface area contributed by atoms with Crippen LogP contribution in [-0.2, 0) is 16.0 Å². The van der Waals surface area contributed by atoms with Crippen molar-refractivity contribution in [3.8, 4) is 0 Å². The zero-order valence-electron chi connectivity index (χ0n) is 12.4. The predicted octanol–water partition coefficient (Wildman–Crippen LogP) is 2.54. The van der Waals surface area contributed by atoms with Crippen molar-refractivity contribution in [1.82, 2.24) is 5.16 Å². The van der Waals surface area contributed by atoms with Gasteiger partial charge in [0.05, 0.1) is 10.7 Å². The molecule has 1 heterocycles. The lowest BCUT2D eigenvalue weighted by atomic mass is 10.2. The molecule has 1 aromatic heterocycles. The molecule has 23 heavy (non-hydrogen) atoms. The van der Waals surface area contributed by atoms with Crippen molar-refractivity contribution in [2.24, 2.45) is 0 Å². The molecule has 2 rings (SSSR count). The summed E-state index contributed by atoms with van der Waals surface area (Å²) in [5.74, 6) is 0.0350. The number of aryl methyl sites for hydroxylation is 1. The average molecular weight is 338 g/mol. The normalized spacial score (nSPS) is 10.3. The van der Waals surface area contributed by atoms with E-state index in [4.69, 9.17) is 16.1 Å². The predicted molar refractivity (Wildman–Crippen MR) is 86.7 cm³/mol. The first-order chi connectivity index (χ1) is 11.0. The van der Waals surface area contributed by atoms with Crippen LogP contribution < -0.4 is 16.2 Å². The molecule has 0 aliphatic rings. The van der Waals surface area contributed by atoms with Gasteiger partial charge in [-0.2, -0.15) is 5.16 Å². The third-order valence-corrected chi connectivity index (χ3v) is 3.33. The summed E-state index contributed by atoms with van der Waals surface area (Å²) in [6.07, 6.45) is 0.819. The van der Waals surface area contributed by atoms with Gasteiger partial charge in [0.1, 0.15) is 5.76 Å². The summed E-state index contributed by atoms with van der Waals surface area (Å²) in [6, 6.07) is 6.12. The zero-order valence-corrected chi connectivity index (χ0v) is 13.2. The largest absolute Gasteiger partial charge is 0.384 e. The summed E-state index contributed by atoms with van der Waals surface area (Å²) >= 11 is 6.07. The summed E-state index contributed by atoms with van der Waals surface area (Å²) in [6.45, 7) is 1.74. The van der Waals surface area contributed by atoms with Crippen LogP contribution in [0.25, 0.3) is 0 Å². The molecule has 2 amide bonds. The Balaban J connectivity index is 1.91. The van der Waals surface area contributed by atoms with Crippen LogP contribution in [0.3, 0.4) is 0 Å². The van der Waals surface area contributed by atoms with Crippen LogP contribution in [0.5, 0.6) is 0 Å². The Hall–Kier alpha value is -2.54. The van der Waals surface area contributed by atoms with Gasteiger partial charge in [-0.25, -0.2) is 0 Å². The molecular formula is C15H16ClN3O4. The minimum Gasteiger partial charge on any atom is -0.384 e. The molecule has 0 radical (unpaired) electrons. The topological polar surface area (TPSA) is 104 Å². The fourth-order valence-electron chi connectivity index (χ4n) is 1.84. The molecule has 2 aromatic rings. The second kappa shape index (κ2) is 7.64. The van der Waals surface area contributed by atoms with Crippen LogP contribution in [0.4, 0.5) is 11.4 Å². The fraction of sp³-hybridized carbons (Fsp3) is 0.267. The molecule has 8 heteroatoms. The summed E-state index contributed by atoms with van der Waals surface area (Å²) < 4.78 is 4.87. The van der Waals surface area contributed by atoms with Crippen molar-refractivity contribution >= 4 is 34.8 Å². The lowest BCUT2D eigenvalue weighted by Crippen LogP contribution is -2.13. The maximum Gasteiger partial charge on any atom is 0.280 e. The van der Waals surface area contributed by atoms with Gasteiger partial charge in [-0.15, -0.1) is 0 Å². The van der Waals surface area contributed by atoms with Gasteiger partial charge < -0.3 is 15.2 Å². The summed E-state index contributed by atoms with van der Waals surface area (Å²) in [5, 5.41) is 7.84. The van der Waals surface area contributed by atoms with Gasteiger partial charge >= 0.3 is 0 Å². The molecule has 0 atom stereocenters. The number of hydrogen-bond donors (Lipinski definition) is 3. The minimum absolute atomic E-state index is 0.142. The molecule has 1 aromatic carbocycles. The SMILES string of the molecule is CCC(=O)Nc1ccc(NC(=O)CCc2cc(=O)[nH]o2)cc1Cl. The molecule has 122 valence electrons. The first kappa shape index (κ1) is 16.8. The molecule has 0 aliphatic carbocycles. The van der Waals surface area contributed by atoms with Gasteiger partial charge in [-0.3, -0.25) is 14.4 Å². The standard InChI is InChI=1S/C15H16ClN3O4/c1-2-13(20)18-12-5-3-9(7-11(12)16)17-14(21)6-4-10-8-15(22)19-23-10/h3,5,7-8H,2,4,6H2,1H3,(H,17,21)(H,18,20)(H,19,22). The lowest BCUT2D eigenvalue weighted by Gasteiger charge is -2.09. The number of H-pyrrole nitrogens is 1. The number of halogens is 1. The molecule has 0 saturated carbocycles. The smallest absolute Gasteiger partial charge is 0.280 e. The number of aromatic amines is 1. The van der Waals surface area contributed by atoms with Crippen molar-refractivity contribution in [3.63, 3.8) is 0 Å². The third-order valence-electron chi connectivity index (χ3n) is 3.02. The van der Waals surface area contributed by atoms with Crippen LogP contribution in [0.15, 0.2) is 33.6 Å². The molecule has 0 bridgehead atoms. The lowest BCUT2D eigenvalue weighted by molar-refractivity contribution is -0.116. The quantitative estimate of drug-likeness (QED) is 0.753. The van der Waals surface area contributed by atoms with E-state index in [1.54, 1.807) is 25.1 Å². The monoisotopic (exact) mass is 337 g/mol. The number of nitrogens with one attached hydrogen (secondary N) is 3. The van der Waals surface area contributed by atoms with Crippen molar-refractivity contribution in [3.05, 3.63) is 45.4 Å². The molecule has 0 fully saturated rings. The van der Waals surface area contributed by atoms with Crippen LogP contribution in [-0.4, -0.2) is 17.0 Å². The molecule has 0 aliphatic heterocycles. The Morgan fingerprint density at radius 1 is 1.22 bits per heavy atom. The number of hydrogen-bond acceptors (Lipinski definition) is 4. The fourth-order valence-corrected chi connectivity index (χ4v) is 2.07. The Morgan fingerprint density at radius 2 is 2.00 bits per heavy atom. The molecule has 7 nitrogen and oxygen atoms in total. The van der Waals surface area contributed by atoms with Crippen LogP contribution in [0, 0.1) is 0 Å². The van der Waals surface area contributed by atoms with Gasteiger partial charge in [0, 0.05) is 31.0 Å². The summed E-state index contributed by atoms with van der Waals surface area (Å²) in [7, 11) is 0. The van der Waals surface area contributed by atoms with Crippen LogP contribution in [0.2, 0.25) is 5.02 Å². The number of rotatable bonds is 6. The van der Waals surface area contributed by atoms with E-state index in [1.807, 2.05) is 0 Å². The maximum absolute atomic E-state index is 11.9. The highest BCUT2D eigenvalue weighted by Crippen LogP contribution is 2.25. The van der Waals surface area contributed by atoms with E-state index in [9.17, 15) is 14.4 Å². The van der Waals surface area contributed by atoms with Gasteiger partial charge in [-0.1, -0.05) is 18.5 Å². The molecule has 0 saturated heterocycles. The summed E-state index contributed by atoms with van der Waals surface area (Å²) in [5.41, 5.74) is 0.674. The van der Waals surface area contributed by atoms with Gasteiger partial charge in [-0.05, 0) is 18.2 Å². The highest BCUT2D eigenvalue weighted by molar-refractivity contribution is 6.34. The second-order valence-electron chi connectivity index (χ2n) is 4.82. The second-order valence-corrected chi connectivity index (χ2v) is 5.23. The first-order valence-corrected chi connectivity index (χ1v) is 7.42. The van der Waals surface area contributed by atoms with Gasteiger partial charge in [0.25, 0.3) is 5.56 Å². The number of carbonyl (C=O) groups is 2. The van der Waals surface area contributed by atoms with Crippen LogP contribution >= 0.6 is 11.6 Å². The number of anilines is 2. The van der Waals surface area contributed by atoms with E-state index in [1.165, 1.54) is 6.07 Å². The van der Waals surface area contributed by atoms with Crippen molar-refractivity contribution < 1.29 is 14.1 Å². The molecule has 3 N–H and O–H groups in total. The first-order valence-electron chi connectivity index (χ1n) is 7.04. The van der Waals surface area contributed by atoms with E-state index in [-0.39, 0.29) is 23.8 Å². The van der Waals surface area contributed by atoms with E-state index in [0.29, 0.717) is 35.0 Å². The Labute approximate surface area is 137 Å². The third kappa shape index (κ3) is 5.00. The maximum atomic E-state index is 11.9. The minimum atomic E-state index is -0.336. The Morgan fingerprint density at radius 3 is 2.61 bits per heavy atom. The molecular weight excluding hydrogens is 322 g/mol. The van der Waals surface area contributed by atoms with Crippen molar-refractivity contribution in [2.75, 3.05) is 10.6 Å². The highest BCUT2D eigenvalue weighted by Gasteiger charge is 2.09. The van der Waals surface area contributed by atoms with E-state index < -0.39 is 0 Å². The van der Waals surface area contributed by atoms with E-state index >= 15 is 0 Å². The van der Waals surface area contributed by atoms with Crippen molar-refractivity contribution in [1.29, 1.82) is 0 Å². The number of aromatic nitrogens is 1. The zero-order chi connectivity index (χ0) is 16.8. The average Bonchev–Trinajstić information content (AvgIpc) is 2.93. The molecule has 0 spiro atoms. The number of amides is 2. The van der Waals surface area contributed by atoms with E-state index in [2.05, 4.69) is 15.8 Å². The molecule has 0 unspecified atom stereocenters. The van der Waals surface area contributed by atoms with Crippen LogP contribution in [0.1, 0.15) is 25.5 Å². The van der Waals surface area contributed by atoms with Crippen molar-refractivity contribution in [2.45, 2.75) is 26.2 Å². The Bertz CT molecular complexity index is 766. The number of carbonyl (C=O) groups excluding carboxylic acids is 2. The highest BCUT2D eigenvalue weighted by atomic mass is 35.5. The van der Waals surface area contributed by atoms with E-state index in [0.717, 1.165) is 0 Å². The van der Waals surface area contributed by atoms with Gasteiger partial charge in [0.15, 0.2) is 0 Å². The number of benzene rings is 1. The Kier molecular flexibility index (Phi) is 5.59. The van der Waals surface area contributed by atoms with Gasteiger partial charge in [0.2, 0.25) is 11.8 Å².